The van der Waals surface area contributed by atoms with Gasteiger partial charge >= 0.3 is 5.97 Å². The summed E-state index contributed by atoms with van der Waals surface area (Å²) in [5, 5.41) is 0. The van der Waals surface area contributed by atoms with E-state index in [1.165, 1.54) is 25.9 Å². The first kappa shape index (κ1) is 15.7. The number of carbonyl (C=O) groups is 1. The number of piperazine rings is 1. The average Bonchev–Trinajstić information content (AvgIpc) is 2.47. The molecule has 2 rings (SSSR count). The smallest absolute Gasteiger partial charge is 0.320 e. The third kappa shape index (κ3) is 4.72. The lowest BCUT2D eigenvalue weighted by molar-refractivity contribution is -0.145. The molecule has 0 aromatic carbocycles. The van der Waals surface area contributed by atoms with Crippen molar-refractivity contribution in [3.8, 4) is 0 Å². The second kappa shape index (κ2) is 7.96. The molecule has 5 nitrogen and oxygen atoms in total. The lowest BCUT2D eigenvalue weighted by atomic mass is 10.0. The highest BCUT2D eigenvalue weighted by Gasteiger charge is 2.27. The van der Waals surface area contributed by atoms with Gasteiger partial charge in [0.15, 0.2) is 0 Å². The van der Waals surface area contributed by atoms with Crippen molar-refractivity contribution in [1.29, 1.82) is 0 Å². The van der Waals surface area contributed by atoms with Crippen LogP contribution >= 0.6 is 0 Å². The van der Waals surface area contributed by atoms with Crippen LogP contribution in [0.15, 0.2) is 0 Å². The number of ether oxygens (including phenoxy) is 1. The number of piperidine rings is 1. The zero-order chi connectivity index (χ0) is 14.4. The summed E-state index contributed by atoms with van der Waals surface area (Å²) in [5.41, 5.74) is 0. The first-order valence-corrected chi connectivity index (χ1v) is 7.99. The minimum absolute atomic E-state index is 0.0698. The summed E-state index contributed by atoms with van der Waals surface area (Å²) >= 11 is 0. The van der Waals surface area contributed by atoms with Gasteiger partial charge in [0.1, 0.15) is 0 Å². The Bertz CT molecular complexity index is 295. The molecule has 0 amide bonds. The predicted molar refractivity (Wildman–Crippen MR) is 79.8 cm³/mol. The number of esters is 1. The molecule has 0 N–H and O–H groups in total. The van der Waals surface area contributed by atoms with E-state index in [0.29, 0.717) is 13.2 Å². The molecule has 0 atom stereocenters. The van der Waals surface area contributed by atoms with Crippen LogP contribution in [0, 0.1) is 0 Å². The predicted octanol–water partition coefficient (Wildman–Crippen LogP) is 0.651. The largest absolute Gasteiger partial charge is 0.465 e. The normalized spacial score (nSPS) is 23.9. The highest BCUT2D eigenvalue weighted by molar-refractivity contribution is 5.71. The van der Waals surface area contributed by atoms with Crippen molar-refractivity contribution in [3.05, 3.63) is 0 Å². The highest BCUT2D eigenvalue weighted by atomic mass is 16.5. The minimum atomic E-state index is -0.0698. The quantitative estimate of drug-likeness (QED) is 0.693. The fourth-order valence-corrected chi connectivity index (χ4v) is 3.09. The van der Waals surface area contributed by atoms with E-state index >= 15 is 0 Å². The van der Waals surface area contributed by atoms with Gasteiger partial charge in [-0.15, -0.1) is 0 Å². The van der Waals surface area contributed by atoms with E-state index in [4.69, 9.17) is 4.74 Å². The Morgan fingerprint density at radius 2 is 1.75 bits per heavy atom. The van der Waals surface area contributed by atoms with Crippen LogP contribution in [-0.4, -0.2) is 86.2 Å². The summed E-state index contributed by atoms with van der Waals surface area (Å²) in [6.07, 6.45) is 3.47. The van der Waals surface area contributed by atoms with E-state index < -0.39 is 0 Å². The van der Waals surface area contributed by atoms with E-state index in [1.54, 1.807) is 0 Å². The lowest BCUT2D eigenvalue weighted by Crippen LogP contribution is -2.53. The van der Waals surface area contributed by atoms with E-state index in [0.717, 1.165) is 38.6 Å². The summed E-state index contributed by atoms with van der Waals surface area (Å²) in [6.45, 7) is 9.64. The van der Waals surface area contributed by atoms with Crippen molar-refractivity contribution in [3.63, 3.8) is 0 Å². The second-order valence-corrected chi connectivity index (χ2v) is 6.07. The van der Waals surface area contributed by atoms with Crippen LogP contribution in [-0.2, 0) is 9.53 Å². The molecule has 0 radical (unpaired) electrons. The highest BCUT2D eigenvalue weighted by Crippen LogP contribution is 2.17. The molecule has 2 fully saturated rings. The molecule has 0 bridgehead atoms. The van der Waals surface area contributed by atoms with E-state index in [2.05, 4.69) is 21.7 Å². The number of nitrogens with zero attached hydrogens (tertiary/aromatic N) is 3. The van der Waals surface area contributed by atoms with Crippen LogP contribution in [0.4, 0.5) is 0 Å². The topological polar surface area (TPSA) is 36.0 Å². The molecular formula is C15H29N3O2. The maximum atomic E-state index is 11.6. The van der Waals surface area contributed by atoms with Gasteiger partial charge in [0.2, 0.25) is 0 Å². The van der Waals surface area contributed by atoms with Crippen molar-refractivity contribution < 1.29 is 9.53 Å². The third-order valence-corrected chi connectivity index (χ3v) is 4.43. The molecule has 0 aromatic heterocycles. The van der Waals surface area contributed by atoms with E-state index in [1.807, 2.05) is 6.92 Å². The van der Waals surface area contributed by atoms with E-state index in [-0.39, 0.29) is 5.97 Å². The Hall–Kier alpha value is -0.650. The van der Waals surface area contributed by atoms with Gasteiger partial charge in [0.25, 0.3) is 0 Å². The average molecular weight is 283 g/mol. The van der Waals surface area contributed by atoms with Gasteiger partial charge in [0.05, 0.1) is 13.2 Å². The van der Waals surface area contributed by atoms with Crippen molar-refractivity contribution in [1.82, 2.24) is 14.7 Å². The van der Waals surface area contributed by atoms with Crippen LogP contribution in [0.3, 0.4) is 0 Å². The van der Waals surface area contributed by atoms with Crippen molar-refractivity contribution >= 4 is 5.97 Å². The van der Waals surface area contributed by atoms with Crippen LogP contribution in [0.5, 0.6) is 0 Å². The summed E-state index contributed by atoms with van der Waals surface area (Å²) in [4.78, 5) is 18.9. The SMILES string of the molecule is CCCOC(=O)CN1CCN(C2CCN(C)CC2)CC1. The van der Waals surface area contributed by atoms with E-state index in [9.17, 15) is 4.79 Å². The standard InChI is InChI=1S/C15H29N3O2/c1-3-12-20-15(19)13-17-8-10-18(11-9-17)14-4-6-16(2)7-5-14/h14H,3-13H2,1-2H3. The molecule has 116 valence electrons. The maximum Gasteiger partial charge on any atom is 0.320 e. The van der Waals surface area contributed by atoms with Crippen molar-refractivity contribution in [2.24, 2.45) is 0 Å². The van der Waals surface area contributed by atoms with Gasteiger partial charge in [0, 0.05) is 32.2 Å². The molecule has 0 aliphatic carbocycles. The zero-order valence-electron chi connectivity index (χ0n) is 13.0. The van der Waals surface area contributed by atoms with Crippen molar-refractivity contribution in [2.45, 2.75) is 32.2 Å². The molecule has 5 heteroatoms. The lowest BCUT2D eigenvalue weighted by Gasteiger charge is -2.42. The van der Waals surface area contributed by atoms with Gasteiger partial charge in [-0.3, -0.25) is 14.6 Å². The van der Waals surface area contributed by atoms with Gasteiger partial charge in [-0.05, 0) is 39.4 Å². The van der Waals surface area contributed by atoms with Crippen molar-refractivity contribution in [2.75, 3.05) is 59.5 Å². The second-order valence-electron chi connectivity index (χ2n) is 6.07. The molecule has 2 aliphatic rings. The minimum Gasteiger partial charge on any atom is -0.465 e. The zero-order valence-corrected chi connectivity index (χ0v) is 13.0. The Kier molecular flexibility index (Phi) is 6.26. The summed E-state index contributed by atoms with van der Waals surface area (Å²) < 4.78 is 5.15. The number of carbonyl (C=O) groups excluding carboxylic acids is 1. The molecule has 2 heterocycles. The van der Waals surface area contributed by atoms with Crippen LogP contribution in [0.2, 0.25) is 0 Å². The fourth-order valence-electron chi connectivity index (χ4n) is 3.09. The molecule has 0 unspecified atom stereocenters. The molecule has 0 saturated carbocycles. The Labute approximate surface area is 122 Å². The Morgan fingerprint density at radius 3 is 2.35 bits per heavy atom. The monoisotopic (exact) mass is 283 g/mol. The number of hydrogen-bond donors (Lipinski definition) is 0. The van der Waals surface area contributed by atoms with Gasteiger partial charge in [-0.2, -0.15) is 0 Å². The van der Waals surface area contributed by atoms with Gasteiger partial charge in [-0.25, -0.2) is 0 Å². The Morgan fingerprint density at radius 1 is 1.10 bits per heavy atom. The Balaban J connectivity index is 1.66. The molecule has 0 spiro atoms. The number of rotatable bonds is 5. The van der Waals surface area contributed by atoms with Crippen LogP contribution in [0.1, 0.15) is 26.2 Å². The summed E-state index contributed by atoms with van der Waals surface area (Å²) in [5.74, 6) is -0.0698. The fraction of sp³-hybridized carbons (Fsp3) is 0.933. The molecule has 2 aliphatic heterocycles. The summed E-state index contributed by atoms with van der Waals surface area (Å²) in [7, 11) is 2.20. The van der Waals surface area contributed by atoms with Crippen LogP contribution < -0.4 is 0 Å². The maximum absolute atomic E-state index is 11.6. The third-order valence-electron chi connectivity index (χ3n) is 4.43. The van der Waals surface area contributed by atoms with Gasteiger partial charge in [-0.1, -0.05) is 6.92 Å². The molecule has 2 saturated heterocycles. The molecule has 20 heavy (non-hydrogen) atoms. The molecule has 0 aromatic rings. The number of likely N-dealkylation sites (tertiary alicyclic amines) is 1. The summed E-state index contributed by atoms with van der Waals surface area (Å²) in [6, 6.07) is 0.750. The van der Waals surface area contributed by atoms with Gasteiger partial charge < -0.3 is 9.64 Å². The first-order valence-electron chi connectivity index (χ1n) is 7.99. The molecular weight excluding hydrogens is 254 g/mol. The number of hydrogen-bond acceptors (Lipinski definition) is 5. The van der Waals surface area contributed by atoms with Crippen LogP contribution in [0.25, 0.3) is 0 Å². The first-order chi connectivity index (χ1) is 9.69.